The van der Waals surface area contributed by atoms with Gasteiger partial charge in [-0.1, -0.05) is 6.07 Å². The number of nitrogens with zero attached hydrogens (tertiary/aromatic N) is 6. The van der Waals surface area contributed by atoms with Crippen LogP contribution in [0.5, 0.6) is 5.75 Å². The number of benzene rings is 1. The molecule has 0 atom stereocenters. The summed E-state index contributed by atoms with van der Waals surface area (Å²) in [6, 6.07) is 5.52. The molecule has 9 nitrogen and oxygen atoms in total. The van der Waals surface area contributed by atoms with E-state index in [1.165, 1.54) is 6.33 Å². The third-order valence-electron chi connectivity index (χ3n) is 5.84. The van der Waals surface area contributed by atoms with Crippen LogP contribution in [0.15, 0.2) is 36.9 Å². The lowest BCUT2D eigenvalue weighted by Gasteiger charge is -2.49. The Labute approximate surface area is 188 Å². The molecule has 0 unspecified atom stereocenters. The molecule has 4 rings (SSSR count). The fourth-order valence-corrected chi connectivity index (χ4v) is 4.71. The molecule has 2 aromatic heterocycles. The summed E-state index contributed by atoms with van der Waals surface area (Å²) < 4.78 is 0. The minimum atomic E-state index is 0.0464. The number of nitrogens with one attached hydrogen (secondary N) is 1. The zero-order valence-electron chi connectivity index (χ0n) is 19.2. The minimum Gasteiger partial charge on any atom is -0.507 e. The number of anilines is 2. The van der Waals surface area contributed by atoms with Gasteiger partial charge in [0.2, 0.25) is 5.95 Å². The average molecular weight is 435 g/mol. The molecule has 9 heteroatoms. The van der Waals surface area contributed by atoms with E-state index in [2.05, 4.69) is 69.9 Å². The van der Waals surface area contributed by atoms with Gasteiger partial charge >= 0.3 is 0 Å². The van der Waals surface area contributed by atoms with Gasteiger partial charge in [-0.05, 0) is 52.7 Å². The second-order valence-electron chi connectivity index (χ2n) is 9.72. The van der Waals surface area contributed by atoms with Crippen molar-refractivity contribution in [3.8, 4) is 28.4 Å². The highest BCUT2D eigenvalue weighted by Crippen LogP contribution is 2.34. The summed E-state index contributed by atoms with van der Waals surface area (Å²) in [4.78, 5) is 23.4. The van der Waals surface area contributed by atoms with E-state index < -0.39 is 0 Å². The molecule has 0 spiro atoms. The Morgan fingerprint density at radius 2 is 1.75 bits per heavy atom. The van der Waals surface area contributed by atoms with Gasteiger partial charge in [-0.2, -0.15) is 4.98 Å². The molecule has 3 heterocycles. The largest absolute Gasteiger partial charge is 0.507 e. The topological polar surface area (TPSA) is 126 Å². The number of hydrogen-bond acceptors (Lipinski definition) is 9. The van der Waals surface area contributed by atoms with Gasteiger partial charge in [-0.3, -0.25) is 4.98 Å². The second-order valence-corrected chi connectivity index (χ2v) is 9.72. The van der Waals surface area contributed by atoms with E-state index in [0.717, 1.165) is 18.7 Å². The lowest BCUT2D eigenvalue weighted by atomic mass is 9.79. The summed E-state index contributed by atoms with van der Waals surface area (Å²) in [6.45, 7) is 8.95. The molecule has 0 radical (unpaired) electrons. The molecule has 1 saturated heterocycles. The molecule has 3 aromatic rings. The molecule has 0 bridgehead atoms. The van der Waals surface area contributed by atoms with Crippen LogP contribution in [0.1, 0.15) is 40.5 Å². The predicted octanol–water partition coefficient (Wildman–Crippen LogP) is 3.03. The van der Waals surface area contributed by atoms with E-state index in [1.807, 2.05) is 6.07 Å². The van der Waals surface area contributed by atoms with E-state index >= 15 is 0 Å². The molecular formula is C23H30N8O. The molecular weight excluding hydrogens is 404 g/mol. The van der Waals surface area contributed by atoms with E-state index in [4.69, 9.17) is 5.73 Å². The van der Waals surface area contributed by atoms with Gasteiger partial charge in [0.25, 0.3) is 0 Å². The van der Waals surface area contributed by atoms with Crippen molar-refractivity contribution in [3.05, 3.63) is 36.9 Å². The van der Waals surface area contributed by atoms with Gasteiger partial charge < -0.3 is 21.1 Å². The SMILES string of the molecule is CN(c1cnc(-c2ccc(-c3ncnc(N)n3)cc2O)cn1)C1CC(C)(C)NC(C)(C)C1. The maximum atomic E-state index is 10.6. The second kappa shape index (κ2) is 7.98. The maximum Gasteiger partial charge on any atom is 0.223 e. The first kappa shape index (κ1) is 21.9. The fourth-order valence-electron chi connectivity index (χ4n) is 4.71. The molecule has 4 N–H and O–H groups in total. The normalized spacial score (nSPS) is 17.8. The van der Waals surface area contributed by atoms with E-state index in [-0.39, 0.29) is 22.8 Å². The van der Waals surface area contributed by atoms with Crippen molar-refractivity contribution < 1.29 is 5.11 Å². The van der Waals surface area contributed by atoms with E-state index in [0.29, 0.717) is 28.7 Å². The van der Waals surface area contributed by atoms with Crippen molar-refractivity contribution in [1.29, 1.82) is 0 Å². The summed E-state index contributed by atoms with van der Waals surface area (Å²) in [5.74, 6) is 1.41. The highest BCUT2D eigenvalue weighted by Gasteiger charge is 2.39. The summed E-state index contributed by atoms with van der Waals surface area (Å²) in [5, 5.41) is 14.3. The fraction of sp³-hybridized carbons (Fsp3) is 0.435. The van der Waals surface area contributed by atoms with Crippen LogP contribution < -0.4 is 16.0 Å². The lowest BCUT2D eigenvalue weighted by Crippen LogP contribution is -2.62. The molecule has 32 heavy (non-hydrogen) atoms. The van der Waals surface area contributed by atoms with Crippen LogP contribution in [0.2, 0.25) is 0 Å². The number of hydrogen-bond donors (Lipinski definition) is 3. The van der Waals surface area contributed by atoms with Gasteiger partial charge in [0.15, 0.2) is 5.82 Å². The van der Waals surface area contributed by atoms with Gasteiger partial charge in [-0.15, -0.1) is 0 Å². The Morgan fingerprint density at radius 1 is 1.03 bits per heavy atom. The van der Waals surface area contributed by atoms with Crippen LogP contribution in [0.4, 0.5) is 11.8 Å². The number of aromatic hydroxyl groups is 1. The summed E-state index contributed by atoms with van der Waals surface area (Å²) >= 11 is 0. The summed E-state index contributed by atoms with van der Waals surface area (Å²) in [5.41, 5.74) is 7.53. The first-order valence-corrected chi connectivity index (χ1v) is 10.7. The van der Waals surface area contributed by atoms with Crippen LogP contribution >= 0.6 is 0 Å². The number of rotatable bonds is 4. The Balaban J connectivity index is 1.55. The molecule has 1 aromatic carbocycles. The Bertz CT molecular complexity index is 1100. The van der Waals surface area contributed by atoms with Gasteiger partial charge in [0.1, 0.15) is 17.9 Å². The quantitative estimate of drug-likeness (QED) is 0.568. The third-order valence-corrected chi connectivity index (χ3v) is 5.84. The molecule has 168 valence electrons. The number of nitrogen functional groups attached to an aromatic ring is 1. The molecule has 1 aliphatic heterocycles. The number of phenols is 1. The van der Waals surface area contributed by atoms with E-state index in [1.54, 1.807) is 24.5 Å². The number of aromatic nitrogens is 5. The monoisotopic (exact) mass is 434 g/mol. The minimum absolute atomic E-state index is 0.0464. The number of nitrogens with two attached hydrogens (primary N) is 1. The van der Waals surface area contributed by atoms with Crippen molar-refractivity contribution in [2.45, 2.75) is 57.7 Å². The first-order chi connectivity index (χ1) is 15.0. The Hall–Kier alpha value is -3.33. The van der Waals surface area contributed by atoms with Gasteiger partial charge in [0, 0.05) is 35.3 Å². The zero-order chi connectivity index (χ0) is 23.1. The Kier molecular flexibility index (Phi) is 5.46. The maximum absolute atomic E-state index is 10.6. The van der Waals surface area contributed by atoms with Crippen molar-refractivity contribution in [1.82, 2.24) is 30.2 Å². The molecule has 0 aliphatic carbocycles. The molecule has 1 fully saturated rings. The van der Waals surface area contributed by atoms with Crippen molar-refractivity contribution in [2.24, 2.45) is 0 Å². The standard InChI is InChI=1S/C23H30N8O/c1-22(2)9-15(10-23(3,4)30-22)31(5)19-12-25-17(11-26-19)16-7-6-14(8-18(16)32)20-27-13-28-21(24)29-20/h6-8,11-13,15,30,32H,9-10H2,1-5H3,(H2,24,27,28,29). The third kappa shape index (κ3) is 4.62. The predicted molar refractivity (Wildman–Crippen MR) is 125 cm³/mol. The summed E-state index contributed by atoms with van der Waals surface area (Å²) in [6.07, 6.45) is 6.82. The smallest absolute Gasteiger partial charge is 0.223 e. The van der Waals surface area contributed by atoms with Crippen molar-refractivity contribution in [2.75, 3.05) is 17.7 Å². The molecule has 0 saturated carbocycles. The Morgan fingerprint density at radius 3 is 2.34 bits per heavy atom. The average Bonchev–Trinajstić information content (AvgIpc) is 2.71. The number of phenolic OH excluding ortho intramolecular Hbond substituents is 1. The highest BCUT2D eigenvalue weighted by molar-refractivity contribution is 5.72. The summed E-state index contributed by atoms with van der Waals surface area (Å²) in [7, 11) is 2.07. The van der Waals surface area contributed by atoms with Crippen LogP contribution in [-0.4, -0.2) is 54.2 Å². The van der Waals surface area contributed by atoms with Crippen LogP contribution in [0, 0.1) is 0 Å². The van der Waals surface area contributed by atoms with Crippen LogP contribution in [0.3, 0.4) is 0 Å². The van der Waals surface area contributed by atoms with Crippen LogP contribution in [0.25, 0.3) is 22.6 Å². The highest BCUT2D eigenvalue weighted by atomic mass is 16.3. The van der Waals surface area contributed by atoms with Gasteiger partial charge in [0.05, 0.1) is 18.1 Å². The molecule has 0 amide bonds. The zero-order valence-corrected chi connectivity index (χ0v) is 19.2. The van der Waals surface area contributed by atoms with Gasteiger partial charge in [-0.25, -0.2) is 15.0 Å². The van der Waals surface area contributed by atoms with E-state index in [9.17, 15) is 5.11 Å². The molecule has 1 aliphatic rings. The lowest BCUT2D eigenvalue weighted by molar-refractivity contribution is 0.160. The van der Waals surface area contributed by atoms with Crippen molar-refractivity contribution >= 4 is 11.8 Å². The van der Waals surface area contributed by atoms with Crippen LogP contribution in [-0.2, 0) is 0 Å². The van der Waals surface area contributed by atoms with Crippen molar-refractivity contribution in [3.63, 3.8) is 0 Å². The first-order valence-electron chi connectivity index (χ1n) is 10.7. The number of piperidine rings is 1.